The van der Waals surface area contributed by atoms with Crippen molar-refractivity contribution in [2.24, 2.45) is 4.99 Å². The molecule has 4 rings (SSSR count). The summed E-state index contributed by atoms with van der Waals surface area (Å²) in [6.45, 7) is 4.00. The number of piperazine rings is 1. The SMILES string of the molecule is COC(=O)C1=C(CN2CCN(C)C(CN(C=O)CC#Cc3ccc(CO)cc3)C2)NC(c2nccs2)=NC1. The normalized spacial score (nSPS) is 18.2. The molecule has 0 bridgehead atoms. The fourth-order valence-electron chi connectivity index (χ4n) is 4.35. The standard InChI is InChI=1S/C27H32N6O4S/c1-31-11-12-32(17-24-23(27(36)37-2)14-29-25(30-24)26-28-9-13-38-26)15-22(31)16-33(19-35)10-3-4-20-5-7-21(18-34)8-6-20/h5-9,13,19,22,34H,10-12,14-18H2,1-2H3,(H,29,30). The fraction of sp³-hybridized carbons (Fsp3) is 0.407. The first-order chi connectivity index (χ1) is 18.5. The molecule has 10 nitrogen and oxygen atoms in total. The molecule has 1 amide bonds. The Balaban J connectivity index is 1.39. The number of rotatable bonds is 9. The second kappa shape index (κ2) is 13.3. The van der Waals surface area contributed by atoms with E-state index in [0.29, 0.717) is 31.0 Å². The van der Waals surface area contributed by atoms with E-state index in [1.165, 1.54) is 18.4 Å². The number of hydrogen-bond donors (Lipinski definition) is 2. The highest BCUT2D eigenvalue weighted by molar-refractivity contribution is 7.11. The molecule has 2 N–H and O–H groups in total. The summed E-state index contributed by atoms with van der Waals surface area (Å²) < 4.78 is 5.01. The van der Waals surface area contributed by atoms with Crippen molar-refractivity contribution in [3.05, 3.63) is 63.2 Å². The summed E-state index contributed by atoms with van der Waals surface area (Å²) in [5.41, 5.74) is 2.95. The first-order valence-electron chi connectivity index (χ1n) is 12.3. The Bertz CT molecular complexity index is 1230. The zero-order valence-corrected chi connectivity index (χ0v) is 22.4. The fourth-order valence-corrected chi connectivity index (χ4v) is 4.95. The molecule has 3 heterocycles. The molecule has 0 aliphatic carbocycles. The summed E-state index contributed by atoms with van der Waals surface area (Å²) in [7, 11) is 3.44. The summed E-state index contributed by atoms with van der Waals surface area (Å²) >= 11 is 1.49. The summed E-state index contributed by atoms with van der Waals surface area (Å²) in [6, 6.07) is 7.50. The average Bonchev–Trinajstić information content (AvgIpc) is 3.49. The number of amidine groups is 1. The minimum Gasteiger partial charge on any atom is -0.466 e. The molecule has 2 aliphatic rings. The Morgan fingerprint density at radius 2 is 2.16 bits per heavy atom. The van der Waals surface area contributed by atoms with Crippen LogP contribution >= 0.6 is 11.3 Å². The van der Waals surface area contributed by atoms with Gasteiger partial charge in [-0.15, -0.1) is 11.3 Å². The van der Waals surface area contributed by atoms with Gasteiger partial charge in [-0.2, -0.15) is 0 Å². The highest BCUT2D eigenvalue weighted by Crippen LogP contribution is 2.18. The number of hydrogen-bond acceptors (Lipinski definition) is 10. The van der Waals surface area contributed by atoms with Crippen LogP contribution in [0.4, 0.5) is 0 Å². The van der Waals surface area contributed by atoms with Crippen LogP contribution in [0.1, 0.15) is 16.1 Å². The van der Waals surface area contributed by atoms with Gasteiger partial charge in [-0.3, -0.25) is 19.6 Å². The molecule has 1 atom stereocenters. The second-order valence-corrected chi connectivity index (χ2v) is 10.0. The molecular weight excluding hydrogens is 504 g/mol. The largest absolute Gasteiger partial charge is 0.466 e. The Morgan fingerprint density at radius 3 is 2.84 bits per heavy atom. The van der Waals surface area contributed by atoms with E-state index in [1.54, 1.807) is 11.1 Å². The van der Waals surface area contributed by atoms with E-state index in [4.69, 9.17) is 4.74 Å². The zero-order valence-electron chi connectivity index (χ0n) is 21.6. The van der Waals surface area contributed by atoms with Gasteiger partial charge in [-0.25, -0.2) is 9.78 Å². The maximum atomic E-state index is 12.4. The van der Waals surface area contributed by atoms with E-state index >= 15 is 0 Å². The molecule has 11 heteroatoms. The average molecular weight is 537 g/mol. The topological polar surface area (TPSA) is 111 Å². The van der Waals surface area contributed by atoms with E-state index in [-0.39, 0.29) is 19.2 Å². The highest BCUT2D eigenvalue weighted by Gasteiger charge is 2.29. The van der Waals surface area contributed by atoms with E-state index in [1.807, 2.05) is 29.6 Å². The lowest BCUT2D eigenvalue weighted by atomic mass is 10.1. The zero-order chi connectivity index (χ0) is 26.9. The second-order valence-electron chi connectivity index (χ2n) is 9.14. The van der Waals surface area contributed by atoms with Crippen LogP contribution in [0, 0.1) is 11.8 Å². The molecule has 200 valence electrons. The molecule has 0 spiro atoms. The minimum absolute atomic E-state index is 0.00348. The maximum Gasteiger partial charge on any atom is 0.337 e. The Labute approximate surface area is 226 Å². The number of benzene rings is 1. The molecule has 1 aromatic heterocycles. The highest BCUT2D eigenvalue weighted by atomic mass is 32.1. The van der Waals surface area contributed by atoms with Crippen LogP contribution in [0.25, 0.3) is 0 Å². The third-order valence-electron chi connectivity index (χ3n) is 6.58. The number of carbonyl (C=O) groups is 2. The van der Waals surface area contributed by atoms with Crippen LogP contribution in [-0.4, -0.2) is 109 Å². The first-order valence-corrected chi connectivity index (χ1v) is 13.2. The number of carbonyl (C=O) groups excluding carboxylic acids is 2. The van der Waals surface area contributed by atoms with Crippen molar-refractivity contribution in [1.82, 2.24) is 25.0 Å². The first kappa shape index (κ1) is 27.5. The molecule has 38 heavy (non-hydrogen) atoms. The molecule has 1 unspecified atom stereocenters. The van der Waals surface area contributed by atoms with Crippen molar-refractivity contribution in [3.63, 3.8) is 0 Å². The van der Waals surface area contributed by atoms with Gasteiger partial charge in [0.05, 0.1) is 32.4 Å². The summed E-state index contributed by atoms with van der Waals surface area (Å²) in [5.74, 6) is 6.42. The lowest BCUT2D eigenvalue weighted by Gasteiger charge is -2.41. The number of esters is 1. The Hall–Kier alpha value is -3.56. The van der Waals surface area contributed by atoms with Crippen LogP contribution in [0.3, 0.4) is 0 Å². The monoisotopic (exact) mass is 536 g/mol. The van der Waals surface area contributed by atoms with Crippen LogP contribution in [0.2, 0.25) is 0 Å². The van der Waals surface area contributed by atoms with Crippen molar-refractivity contribution in [2.45, 2.75) is 12.6 Å². The van der Waals surface area contributed by atoms with Gasteiger partial charge in [0.25, 0.3) is 0 Å². The van der Waals surface area contributed by atoms with Crippen molar-refractivity contribution >= 4 is 29.6 Å². The van der Waals surface area contributed by atoms with Gasteiger partial charge in [0.1, 0.15) is 0 Å². The van der Waals surface area contributed by atoms with Crippen molar-refractivity contribution in [3.8, 4) is 11.8 Å². The third kappa shape index (κ3) is 7.05. The van der Waals surface area contributed by atoms with Gasteiger partial charge in [0, 0.05) is 61.6 Å². The molecule has 0 saturated carbocycles. The number of aromatic nitrogens is 1. The van der Waals surface area contributed by atoms with Gasteiger partial charge >= 0.3 is 5.97 Å². The molecular formula is C27H32N6O4S. The number of nitrogens with zero attached hydrogens (tertiary/aromatic N) is 5. The number of aliphatic imine (C=N–C) groups is 1. The summed E-state index contributed by atoms with van der Waals surface area (Å²) in [6.07, 6.45) is 2.57. The molecule has 1 aromatic carbocycles. The van der Waals surface area contributed by atoms with Crippen LogP contribution in [0.5, 0.6) is 0 Å². The van der Waals surface area contributed by atoms with Crippen molar-refractivity contribution in [2.75, 3.05) is 60.0 Å². The quantitative estimate of drug-likeness (QED) is 0.272. The predicted octanol–water partition coefficient (Wildman–Crippen LogP) is 0.538. The van der Waals surface area contributed by atoms with Crippen LogP contribution in [0.15, 0.2) is 52.1 Å². The molecule has 1 fully saturated rings. The molecule has 1 saturated heterocycles. The number of thiazole rings is 1. The maximum absolute atomic E-state index is 12.4. The lowest BCUT2D eigenvalue weighted by Crippen LogP contribution is -2.56. The number of nitrogens with one attached hydrogen (secondary N) is 1. The summed E-state index contributed by atoms with van der Waals surface area (Å²) in [5, 5.41) is 15.2. The van der Waals surface area contributed by atoms with E-state index in [0.717, 1.165) is 47.9 Å². The van der Waals surface area contributed by atoms with Gasteiger partial charge in [0.2, 0.25) is 6.41 Å². The smallest absolute Gasteiger partial charge is 0.337 e. The molecule has 2 aliphatic heterocycles. The number of aliphatic hydroxyl groups is 1. The number of likely N-dealkylation sites (N-methyl/N-ethyl adjacent to an activating group) is 1. The van der Waals surface area contributed by atoms with Gasteiger partial charge < -0.3 is 20.1 Å². The van der Waals surface area contributed by atoms with Crippen molar-refractivity contribution < 1.29 is 19.4 Å². The van der Waals surface area contributed by atoms with E-state index in [9.17, 15) is 14.7 Å². The van der Waals surface area contributed by atoms with Crippen molar-refractivity contribution in [1.29, 1.82) is 0 Å². The van der Waals surface area contributed by atoms with Gasteiger partial charge in [0.15, 0.2) is 10.8 Å². The number of ether oxygens (including phenoxy) is 1. The van der Waals surface area contributed by atoms with Crippen LogP contribution in [-0.2, 0) is 20.9 Å². The van der Waals surface area contributed by atoms with E-state index in [2.05, 4.69) is 44.0 Å². The number of amides is 1. The molecule has 2 aromatic rings. The van der Waals surface area contributed by atoms with Crippen LogP contribution < -0.4 is 5.32 Å². The third-order valence-corrected chi connectivity index (χ3v) is 7.36. The van der Waals surface area contributed by atoms with Gasteiger partial charge in [-0.05, 0) is 24.7 Å². The number of aliphatic hydroxyl groups excluding tert-OH is 1. The molecule has 0 radical (unpaired) electrons. The van der Waals surface area contributed by atoms with Gasteiger partial charge in [-0.1, -0.05) is 24.0 Å². The predicted molar refractivity (Wildman–Crippen MR) is 145 cm³/mol. The minimum atomic E-state index is -0.392. The number of methoxy groups -OCH3 is 1. The van der Waals surface area contributed by atoms with E-state index < -0.39 is 5.97 Å². The lowest BCUT2D eigenvalue weighted by molar-refractivity contribution is -0.136. The summed E-state index contributed by atoms with van der Waals surface area (Å²) in [4.78, 5) is 39.3. The Kier molecular flexibility index (Phi) is 9.62. The Morgan fingerprint density at radius 1 is 1.34 bits per heavy atom.